The van der Waals surface area contributed by atoms with Crippen molar-refractivity contribution in [3.63, 3.8) is 0 Å². The third-order valence-electron chi connectivity index (χ3n) is 2.48. The van der Waals surface area contributed by atoms with Crippen LogP contribution in [0.25, 0.3) is 0 Å². The normalized spacial score (nSPS) is 12.2. The molecule has 0 heterocycles. The van der Waals surface area contributed by atoms with Crippen LogP contribution in [0.1, 0.15) is 12.5 Å². The van der Waals surface area contributed by atoms with Crippen molar-refractivity contribution in [3.05, 3.63) is 23.8 Å². The first-order chi connectivity index (χ1) is 8.21. The van der Waals surface area contributed by atoms with E-state index in [1.54, 1.807) is 14.2 Å². The van der Waals surface area contributed by atoms with Crippen LogP contribution in [0.5, 0.6) is 11.5 Å². The zero-order valence-electron chi connectivity index (χ0n) is 10.9. The van der Waals surface area contributed by atoms with E-state index in [2.05, 4.69) is 5.32 Å². The number of ether oxygens (including phenoxy) is 3. The summed E-state index contributed by atoms with van der Waals surface area (Å²) in [4.78, 5) is 0. The van der Waals surface area contributed by atoms with E-state index >= 15 is 0 Å². The molecular weight excluding hydrogens is 218 g/mol. The van der Waals surface area contributed by atoms with Gasteiger partial charge in [-0.2, -0.15) is 0 Å². The monoisotopic (exact) mass is 239 g/mol. The molecule has 0 saturated heterocycles. The van der Waals surface area contributed by atoms with Crippen LogP contribution in [0.2, 0.25) is 0 Å². The molecule has 4 heteroatoms. The Morgan fingerprint density at radius 3 is 2.59 bits per heavy atom. The van der Waals surface area contributed by atoms with Crippen molar-refractivity contribution in [3.8, 4) is 11.5 Å². The fraction of sp³-hybridized carbons (Fsp3) is 0.538. The highest BCUT2D eigenvalue weighted by atomic mass is 16.5. The van der Waals surface area contributed by atoms with Gasteiger partial charge in [0.2, 0.25) is 0 Å². The van der Waals surface area contributed by atoms with Crippen LogP contribution >= 0.6 is 0 Å². The number of hydrogen-bond acceptors (Lipinski definition) is 4. The average Bonchev–Trinajstić information content (AvgIpc) is 2.36. The largest absolute Gasteiger partial charge is 0.493 e. The third-order valence-corrected chi connectivity index (χ3v) is 2.48. The van der Waals surface area contributed by atoms with E-state index in [0.717, 1.165) is 23.6 Å². The zero-order chi connectivity index (χ0) is 12.7. The van der Waals surface area contributed by atoms with Gasteiger partial charge in [-0.25, -0.2) is 0 Å². The fourth-order valence-electron chi connectivity index (χ4n) is 1.42. The van der Waals surface area contributed by atoms with Crippen LogP contribution in [0.3, 0.4) is 0 Å². The Kier molecular flexibility index (Phi) is 5.80. The molecule has 0 aliphatic heterocycles. The van der Waals surface area contributed by atoms with Crippen molar-refractivity contribution >= 4 is 0 Å². The highest BCUT2D eigenvalue weighted by molar-refractivity contribution is 5.42. The second-order valence-electron chi connectivity index (χ2n) is 3.87. The van der Waals surface area contributed by atoms with Crippen LogP contribution in [-0.4, -0.2) is 34.0 Å². The summed E-state index contributed by atoms with van der Waals surface area (Å²) in [5, 5.41) is 3.10. The lowest BCUT2D eigenvalue weighted by Crippen LogP contribution is -2.16. The van der Waals surface area contributed by atoms with Crippen molar-refractivity contribution in [1.82, 2.24) is 5.32 Å². The fourth-order valence-corrected chi connectivity index (χ4v) is 1.42. The van der Waals surface area contributed by atoms with Crippen molar-refractivity contribution in [2.45, 2.75) is 19.6 Å². The summed E-state index contributed by atoms with van der Waals surface area (Å²) >= 11 is 0. The van der Waals surface area contributed by atoms with Gasteiger partial charge in [0.1, 0.15) is 6.61 Å². The van der Waals surface area contributed by atoms with Gasteiger partial charge in [0.25, 0.3) is 0 Å². The van der Waals surface area contributed by atoms with E-state index in [9.17, 15) is 0 Å². The Balaban J connectivity index is 2.71. The van der Waals surface area contributed by atoms with Gasteiger partial charge in [-0.05, 0) is 31.7 Å². The molecule has 0 aliphatic rings. The van der Waals surface area contributed by atoms with Crippen molar-refractivity contribution in [1.29, 1.82) is 0 Å². The highest BCUT2D eigenvalue weighted by Crippen LogP contribution is 2.28. The molecule has 0 saturated carbocycles. The zero-order valence-corrected chi connectivity index (χ0v) is 10.9. The van der Waals surface area contributed by atoms with E-state index in [1.807, 2.05) is 32.2 Å². The second kappa shape index (κ2) is 7.14. The van der Waals surface area contributed by atoms with Crippen molar-refractivity contribution < 1.29 is 14.2 Å². The van der Waals surface area contributed by atoms with E-state index in [1.165, 1.54) is 0 Å². The number of methoxy groups -OCH3 is 2. The lowest BCUT2D eigenvalue weighted by Gasteiger charge is -2.14. The molecule has 0 fully saturated rings. The minimum atomic E-state index is 0.0664. The molecule has 17 heavy (non-hydrogen) atoms. The molecule has 1 aromatic carbocycles. The van der Waals surface area contributed by atoms with Crippen LogP contribution in [0.15, 0.2) is 18.2 Å². The predicted octanol–water partition coefficient (Wildman–Crippen LogP) is 1.83. The van der Waals surface area contributed by atoms with Gasteiger partial charge in [0, 0.05) is 13.7 Å². The van der Waals surface area contributed by atoms with E-state index in [-0.39, 0.29) is 6.10 Å². The van der Waals surface area contributed by atoms with Gasteiger partial charge in [0.05, 0.1) is 13.2 Å². The number of rotatable bonds is 7. The molecule has 1 unspecified atom stereocenters. The molecule has 1 atom stereocenters. The topological polar surface area (TPSA) is 39.7 Å². The molecule has 1 rings (SSSR count). The molecule has 1 aromatic rings. The maximum Gasteiger partial charge on any atom is 0.161 e. The molecular formula is C13H21NO3. The summed E-state index contributed by atoms with van der Waals surface area (Å²) < 4.78 is 16.1. The van der Waals surface area contributed by atoms with E-state index in [4.69, 9.17) is 14.2 Å². The van der Waals surface area contributed by atoms with Crippen molar-refractivity contribution in [2.24, 2.45) is 0 Å². The van der Waals surface area contributed by atoms with E-state index < -0.39 is 0 Å². The first-order valence-electron chi connectivity index (χ1n) is 5.68. The standard InChI is InChI=1S/C13H21NO3/c1-10(15-3)9-17-12-6-5-11(8-14-2)7-13(12)16-4/h5-7,10,14H,8-9H2,1-4H3. The molecule has 0 amide bonds. The Hall–Kier alpha value is -1.26. The quantitative estimate of drug-likeness (QED) is 0.788. The first kappa shape index (κ1) is 13.8. The predicted molar refractivity (Wildman–Crippen MR) is 67.7 cm³/mol. The van der Waals surface area contributed by atoms with Gasteiger partial charge >= 0.3 is 0 Å². The highest BCUT2D eigenvalue weighted by Gasteiger charge is 2.07. The van der Waals surface area contributed by atoms with Gasteiger partial charge in [-0.15, -0.1) is 0 Å². The van der Waals surface area contributed by atoms with Crippen LogP contribution < -0.4 is 14.8 Å². The minimum absolute atomic E-state index is 0.0664. The molecule has 0 radical (unpaired) electrons. The van der Waals surface area contributed by atoms with Crippen LogP contribution in [-0.2, 0) is 11.3 Å². The summed E-state index contributed by atoms with van der Waals surface area (Å²) in [6.07, 6.45) is 0.0664. The lowest BCUT2D eigenvalue weighted by atomic mass is 10.2. The lowest BCUT2D eigenvalue weighted by molar-refractivity contribution is 0.0706. The Morgan fingerprint density at radius 1 is 1.24 bits per heavy atom. The molecule has 0 bridgehead atoms. The maximum absolute atomic E-state index is 5.64. The van der Waals surface area contributed by atoms with Gasteiger partial charge in [-0.3, -0.25) is 0 Å². The number of hydrogen-bond donors (Lipinski definition) is 1. The number of benzene rings is 1. The van der Waals surface area contributed by atoms with Gasteiger partial charge in [-0.1, -0.05) is 6.07 Å². The molecule has 96 valence electrons. The molecule has 0 aromatic heterocycles. The Morgan fingerprint density at radius 2 is 2.00 bits per heavy atom. The summed E-state index contributed by atoms with van der Waals surface area (Å²) in [6, 6.07) is 5.92. The van der Waals surface area contributed by atoms with Gasteiger partial charge < -0.3 is 19.5 Å². The summed E-state index contributed by atoms with van der Waals surface area (Å²) in [6.45, 7) is 3.28. The summed E-state index contributed by atoms with van der Waals surface area (Å²) in [7, 11) is 5.23. The Bertz CT molecular complexity index is 341. The van der Waals surface area contributed by atoms with E-state index in [0.29, 0.717) is 6.61 Å². The Labute approximate surface area is 103 Å². The minimum Gasteiger partial charge on any atom is -0.493 e. The summed E-state index contributed by atoms with van der Waals surface area (Å²) in [5.41, 5.74) is 1.16. The molecule has 0 spiro atoms. The molecule has 4 nitrogen and oxygen atoms in total. The smallest absolute Gasteiger partial charge is 0.161 e. The average molecular weight is 239 g/mol. The number of nitrogens with one attached hydrogen (secondary N) is 1. The second-order valence-corrected chi connectivity index (χ2v) is 3.87. The first-order valence-corrected chi connectivity index (χ1v) is 5.68. The van der Waals surface area contributed by atoms with Crippen molar-refractivity contribution in [2.75, 3.05) is 27.9 Å². The maximum atomic E-state index is 5.64. The van der Waals surface area contributed by atoms with Crippen LogP contribution in [0.4, 0.5) is 0 Å². The summed E-state index contributed by atoms with van der Waals surface area (Å²) in [5.74, 6) is 1.50. The van der Waals surface area contributed by atoms with Gasteiger partial charge in [0.15, 0.2) is 11.5 Å². The SMILES string of the molecule is CNCc1ccc(OCC(C)OC)c(OC)c1. The molecule has 1 N–H and O–H groups in total. The third kappa shape index (κ3) is 4.24. The van der Waals surface area contributed by atoms with Crippen LogP contribution in [0, 0.1) is 0 Å². The molecule has 0 aliphatic carbocycles.